The van der Waals surface area contributed by atoms with Gasteiger partial charge in [-0.15, -0.1) is 0 Å². The summed E-state index contributed by atoms with van der Waals surface area (Å²) in [4.78, 5) is 44.4. The van der Waals surface area contributed by atoms with Crippen molar-refractivity contribution in [1.82, 2.24) is 14.5 Å². The Morgan fingerprint density at radius 1 is 1.12 bits per heavy atom. The first-order chi connectivity index (χ1) is 16.3. The zero-order chi connectivity index (χ0) is 24.4. The van der Waals surface area contributed by atoms with Crippen LogP contribution < -0.4 is 5.56 Å². The third-order valence-corrected chi connectivity index (χ3v) is 5.98. The monoisotopic (exact) mass is 465 g/mol. The van der Waals surface area contributed by atoms with Crippen molar-refractivity contribution in [2.45, 2.75) is 31.4 Å². The number of aliphatic hydroxyl groups excluding tert-OH is 1. The molecule has 1 saturated heterocycles. The summed E-state index contributed by atoms with van der Waals surface area (Å²) in [5.41, 5.74) is -0.0600. The molecule has 34 heavy (non-hydrogen) atoms. The highest BCUT2D eigenvalue weighted by Gasteiger charge is 2.39. The van der Waals surface area contributed by atoms with Gasteiger partial charge in [-0.25, -0.2) is 9.37 Å². The van der Waals surface area contributed by atoms with E-state index in [2.05, 4.69) is 4.98 Å². The molecule has 2 heterocycles. The molecule has 1 aromatic heterocycles. The number of aryl methyl sites for hydroxylation is 1. The Morgan fingerprint density at radius 2 is 1.79 bits per heavy atom. The molecule has 0 aliphatic carbocycles. The fourth-order valence-electron chi connectivity index (χ4n) is 4.16. The van der Waals surface area contributed by atoms with Crippen molar-refractivity contribution in [3.05, 3.63) is 93.4 Å². The quantitative estimate of drug-likeness (QED) is 0.541. The van der Waals surface area contributed by atoms with Crippen LogP contribution in [0.4, 0.5) is 4.39 Å². The van der Waals surface area contributed by atoms with E-state index in [1.807, 2.05) is 0 Å². The summed E-state index contributed by atoms with van der Waals surface area (Å²) in [5, 5.41) is 20.7. The van der Waals surface area contributed by atoms with Crippen LogP contribution in [0, 0.1) is 5.82 Å². The van der Waals surface area contributed by atoms with E-state index in [0.717, 1.165) is 10.1 Å². The van der Waals surface area contributed by atoms with E-state index in [1.54, 1.807) is 42.5 Å². The van der Waals surface area contributed by atoms with Gasteiger partial charge in [-0.3, -0.25) is 19.0 Å². The maximum absolute atomic E-state index is 13.1. The Kier molecular flexibility index (Phi) is 6.56. The molecule has 0 spiro atoms. The first kappa shape index (κ1) is 23.3. The minimum absolute atomic E-state index is 0.0446. The molecule has 8 nitrogen and oxygen atoms in total. The van der Waals surface area contributed by atoms with E-state index in [1.165, 1.54) is 24.1 Å². The number of aromatic hydroxyl groups is 1. The topological polar surface area (TPSA) is 113 Å². The van der Waals surface area contributed by atoms with Crippen LogP contribution in [-0.4, -0.2) is 49.0 Å². The Labute approximate surface area is 194 Å². The average Bonchev–Trinajstić information content (AvgIpc) is 3.23. The lowest BCUT2D eigenvalue weighted by atomic mass is 10.0. The van der Waals surface area contributed by atoms with Gasteiger partial charge >= 0.3 is 0 Å². The van der Waals surface area contributed by atoms with Crippen LogP contribution in [0.2, 0.25) is 0 Å². The maximum Gasteiger partial charge on any atom is 0.296 e. The van der Waals surface area contributed by atoms with Crippen LogP contribution >= 0.6 is 0 Å². The van der Waals surface area contributed by atoms with Crippen molar-refractivity contribution in [2.75, 3.05) is 6.54 Å². The molecule has 0 unspecified atom stereocenters. The molecule has 1 aliphatic heterocycles. The largest absolute Gasteiger partial charge is 0.501 e. The van der Waals surface area contributed by atoms with Gasteiger partial charge in [0.1, 0.15) is 11.6 Å². The van der Waals surface area contributed by atoms with Crippen molar-refractivity contribution in [2.24, 2.45) is 7.05 Å². The smallest absolute Gasteiger partial charge is 0.296 e. The molecule has 2 aromatic carbocycles. The number of ketones is 1. The van der Waals surface area contributed by atoms with Gasteiger partial charge in [-0.2, -0.15) is 0 Å². The van der Waals surface area contributed by atoms with Gasteiger partial charge in [0.05, 0.1) is 12.1 Å². The van der Waals surface area contributed by atoms with Gasteiger partial charge in [-0.05, 0) is 36.2 Å². The number of Topliss-reactive ketones (excluding diaryl/α,β-unsaturated/α-hetero) is 1. The van der Waals surface area contributed by atoms with Gasteiger partial charge in [0.25, 0.3) is 11.5 Å². The second kappa shape index (κ2) is 9.56. The summed E-state index contributed by atoms with van der Waals surface area (Å²) < 4.78 is 14.2. The van der Waals surface area contributed by atoms with E-state index >= 15 is 0 Å². The van der Waals surface area contributed by atoms with Gasteiger partial charge in [-0.1, -0.05) is 30.3 Å². The zero-order valence-corrected chi connectivity index (χ0v) is 18.5. The van der Waals surface area contributed by atoms with Crippen LogP contribution in [0.1, 0.15) is 51.1 Å². The molecular formula is C25H24FN3O5. The molecule has 1 aliphatic rings. The Hall–Kier alpha value is -3.85. The normalized spacial score (nSPS) is 17.7. The molecule has 2 atom stereocenters. The number of amides is 1. The third kappa shape index (κ3) is 4.60. The van der Waals surface area contributed by atoms with E-state index in [-0.39, 0.29) is 49.0 Å². The summed E-state index contributed by atoms with van der Waals surface area (Å²) in [6, 6.07) is 13.5. The van der Waals surface area contributed by atoms with Crippen LogP contribution in [0.15, 0.2) is 59.4 Å². The molecule has 0 saturated carbocycles. The number of aromatic nitrogens is 2. The molecule has 4 rings (SSSR count). The third-order valence-electron chi connectivity index (χ3n) is 5.98. The zero-order valence-electron chi connectivity index (χ0n) is 18.5. The molecule has 1 amide bonds. The van der Waals surface area contributed by atoms with E-state index in [4.69, 9.17) is 0 Å². The van der Waals surface area contributed by atoms with Crippen molar-refractivity contribution < 1.29 is 24.2 Å². The predicted molar refractivity (Wildman–Crippen MR) is 121 cm³/mol. The Morgan fingerprint density at radius 3 is 2.47 bits per heavy atom. The number of β-amino-alcohol motifs (C(OH)–C–C–N with tert-alkyl or cyclic N) is 1. The average molecular weight is 465 g/mol. The van der Waals surface area contributed by atoms with Gasteiger partial charge in [0, 0.05) is 32.0 Å². The van der Waals surface area contributed by atoms with Gasteiger partial charge in [0.15, 0.2) is 11.5 Å². The van der Waals surface area contributed by atoms with Crippen molar-refractivity contribution in [1.29, 1.82) is 0 Å². The van der Waals surface area contributed by atoms with Crippen LogP contribution in [0.25, 0.3) is 0 Å². The summed E-state index contributed by atoms with van der Waals surface area (Å²) >= 11 is 0. The van der Waals surface area contributed by atoms with Crippen molar-refractivity contribution in [3.8, 4) is 5.75 Å². The highest BCUT2D eigenvalue weighted by Crippen LogP contribution is 2.33. The Balaban J connectivity index is 1.65. The highest BCUT2D eigenvalue weighted by molar-refractivity contribution is 5.97. The number of hydrogen-bond donors (Lipinski definition) is 2. The fourth-order valence-corrected chi connectivity index (χ4v) is 4.16. The number of hydrogen-bond acceptors (Lipinski definition) is 6. The number of likely N-dealkylation sites (tertiary alicyclic amines) is 1. The standard InChI is InChI=1S/C25H24FN3O5/c1-28-23(19-13-18(30)14-29(19)24(33)16-5-3-2-4-6-16)27-21(22(32)25(28)34)20(31)12-9-15-7-10-17(26)11-8-15/h2-8,10-11,18-19,30,32H,9,12-14H2,1H3/t18-,19+/m1/s1. The number of rotatable bonds is 6. The summed E-state index contributed by atoms with van der Waals surface area (Å²) in [5.74, 6) is -1.95. The van der Waals surface area contributed by atoms with E-state index < -0.39 is 29.2 Å². The Bertz CT molecular complexity index is 1270. The van der Waals surface area contributed by atoms with Crippen LogP contribution in [0.5, 0.6) is 5.75 Å². The molecule has 0 bridgehead atoms. The SMILES string of the molecule is Cn1c([C@@H]2C[C@@H](O)CN2C(=O)c2ccccc2)nc(C(=O)CCc2ccc(F)cc2)c(O)c1=O. The lowest BCUT2D eigenvalue weighted by molar-refractivity contribution is 0.0708. The molecular weight excluding hydrogens is 441 g/mol. The first-order valence-corrected chi connectivity index (χ1v) is 10.9. The molecule has 1 fully saturated rings. The number of nitrogens with zero attached hydrogens (tertiary/aromatic N) is 3. The molecule has 3 aromatic rings. The van der Waals surface area contributed by atoms with E-state index in [0.29, 0.717) is 5.56 Å². The molecule has 2 N–H and O–H groups in total. The number of carbonyl (C=O) groups excluding carboxylic acids is 2. The second-order valence-corrected chi connectivity index (χ2v) is 8.31. The summed E-state index contributed by atoms with van der Waals surface area (Å²) in [6.45, 7) is 0.0446. The number of benzene rings is 2. The van der Waals surface area contributed by atoms with Crippen molar-refractivity contribution in [3.63, 3.8) is 0 Å². The number of halogens is 1. The van der Waals surface area contributed by atoms with Crippen LogP contribution in [0.3, 0.4) is 0 Å². The predicted octanol–water partition coefficient (Wildman–Crippen LogP) is 2.39. The molecule has 0 radical (unpaired) electrons. The van der Waals surface area contributed by atoms with Gasteiger partial charge < -0.3 is 15.1 Å². The molecule has 9 heteroatoms. The van der Waals surface area contributed by atoms with Gasteiger partial charge in [0.2, 0.25) is 5.75 Å². The minimum atomic E-state index is -0.832. The first-order valence-electron chi connectivity index (χ1n) is 10.9. The maximum atomic E-state index is 13.1. The van der Waals surface area contributed by atoms with Crippen LogP contribution in [-0.2, 0) is 13.5 Å². The lowest BCUT2D eigenvalue weighted by Gasteiger charge is -2.25. The van der Waals surface area contributed by atoms with E-state index in [9.17, 15) is 29.0 Å². The summed E-state index contributed by atoms with van der Waals surface area (Å²) in [7, 11) is 1.40. The fraction of sp³-hybridized carbons (Fsp3) is 0.280. The summed E-state index contributed by atoms with van der Waals surface area (Å²) in [6.07, 6.45) is -0.488. The minimum Gasteiger partial charge on any atom is -0.501 e. The molecule has 176 valence electrons. The van der Waals surface area contributed by atoms with Crippen molar-refractivity contribution >= 4 is 11.7 Å². The number of aliphatic hydroxyl groups is 1. The second-order valence-electron chi connectivity index (χ2n) is 8.31. The highest BCUT2D eigenvalue weighted by atomic mass is 19.1. The lowest BCUT2D eigenvalue weighted by Crippen LogP contribution is -2.36. The number of carbonyl (C=O) groups is 2.